The van der Waals surface area contributed by atoms with Gasteiger partial charge in [-0.25, -0.2) is 9.97 Å². The molecule has 0 saturated carbocycles. The number of nitrogens with zero attached hydrogens (tertiary/aromatic N) is 2. The number of rotatable bonds is 5. The van der Waals surface area contributed by atoms with Gasteiger partial charge in [-0.2, -0.15) is 0 Å². The van der Waals surface area contributed by atoms with E-state index in [1.807, 2.05) is 54.6 Å². The van der Waals surface area contributed by atoms with Crippen molar-refractivity contribution >= 4 is 38.9 Å². The number of anilines is 4. The molecule has 5 nitrogen and oxygen atoms in total. The molecule has 0 fully saturated rings. The molecule has 1 aromatic heterocycles. The van der Waals surface area contributed by atoms with Crippen molar-refractivity contribution in [2.75, 3.05) is 17.7 Å². The van der Waals surface area contributed by atoms with E-state index < -0.39 is 0 Å². The lowest BCUT2D eigenvalue weighted by Crippen LogP contribution is -1.98. The number of ether oxygens (including phenoxy) is 1. The zero-order chi connectivity index (χ0) is 16.1. The second-order valence-electron chi connectivity index (χ2n) is 4.78. The van der Waals surface area contributed by atoms with E-state index in [0.717, 1.165) is 21.6 Å². The van der Waals surface area contributed by atoms with Crippen LogP contribution in [-0.4, -0.2) is 17.1 Å². The number of hydrogen-bond acceptors (Lipinski definition) is 5. The van der Waals surface area contributed by atoms with E-state index in [4.69, 9.17) is 4.74 Å². The summed E-state index contributed by atoms with van der Waals surface area (Å²) in [6.45, 7) is 0. The maximum Gasteiger partial charge on any atom is 0.135 e. The molecular formula is C17H15BrN4O. The Bertz CT molecular complexity index is 793. The minimum absolute atomic E-state index is 0.711. The van der Waals surface area contributed by atoms with Gasteiger partial charge in [-0.3, -0.25) is 0 Å². The molecule has 0 aliphatic carbocycles. The molecule has 3 rings (SSSR count). The monoisotopic (exact) mass is 370 g/mol. The summed E-state index contributed by atoms with van der Waals surface area (Å²) in [5.41, 5.74) is 1.88. The molecule has 0 aliphatic rings. The summed E-state index contributed by atoms with van der Waals surface area (Å²) in [5.74, 6) is 2.24. The van der Waals surface area contributed by atoms with E-state index >= 15 is 0 Å². The molecule has 0 amide bonds. The number of aromatic nitrogens is 2. The zero-order valence-electron chi connectivity index (χ0n) is 12.5. The van der Waals surface area contributed by atoms with E-state index in [0.29, 0.717) is 11.6 Å². The molecule has 0 aliphatic heterocycles. The Hall–Kier alpha value is -2.60. The number of benzene rings is 2. The summed E-state index contributed by atoms with van der Waals surface area (Å²) in [6.07, 6.45) is 1.52. The van der Waals surface area contributed by atoms with Crippen LogP contribution in [-0.2, 0) is 0 Å². The molecule has 0 unspecified atom stereocenters. The Balaban J connectivity index is 1.74. The molecule has 0 bridgehead atoms. The number of halogens is 1. The van der Waals surface area contributed by atoms with Gasteiger partial charge in [0, 0.05) is 21.9 Å². The maximum atomic E-state index is 5.15. The van der Waals surface area contributed by atoms with Gasteiger partial charge in [0.1, 0.15) is 23.7 Å². The van der Waals surface area contributed by atoms with Gasteiger partial charge in [-0.1, -0.05) is 22.0 Å². The fraction of sp³-hybridized carbons (Fsp3) is 0.0588. The normalized spacial score (nSPS) is 10.2. The highest BCUT2D eigenvalue weighted by Gasteiger charge is 2.01. The second-order valence-corrected chi connectivity index (χ2v) is 5.69. The van der Waals surface area contributed by atoms with Crippen molar-refractivity contribution < 1.29 is 4.74 Å². The summed E-state index contributed by atoms with van der Waals surface area (Å²) >= 11 is 3.45. The predicted molar refractivity (Wildman–Crippen MR) is 95.7 cm³/mol. The van der Waals surface area contributed by atoms with Crippen molar-refractivity contribution in [3.05, 3.63) is 65.4 Å². The first-order valence-corrected chi connectivity index (χ1v) is 7.78. The Kier molecular flexibility index (Phi) is 4.73. The third-order valence-corrected chi connectivity index (χ3v) is 3.62. The maximum absolute atomic E-state index is 5.15. The van der Waals surface area contributed by atoms with Gasteiger partial charge >= 0.3 is 0 Å². The van der Waals surface area contributed by atoms with E-state index in [1.165, 1.54) is 6.33 Å². The lowest BCUT2D eigenvalue weighted by molar-refractivity contribution is 0.415. The van der Waals surface area contributed by atoms with Crippen LogP contribution in [0.25, 0.3) is 0 Å². The predicted octanol–water partition coefficient (Wildman–Crippen LogP) is 4.73. The largest absolute Gasteiger partial charge is 0.497 e. The van der Waals surface area contributed by atoms with Crippen molar-refractivity contribution in [3.63, 3.8) is 0 Å². The van der Waals surface area contributed by atoms with Gasteiger partial charge in [-0.05, 0) is 42.5 Å². The first kappa shape index (κ1) is 15.3. The molecule has 0 radical (unpaired) electrons. The van der Waals surface area contributed by atoms with Crippen LogP contribution in [0.15, 0.2) is 65.4 Å². The molecule has 1 heterocycles. The minimum atomic E-state index is 0.711. The van der Waals surface area contributed by atoms with Crippen LogP contribution >= 0.6 is 15.9 Å². The summed E-state index contributed by atoms with van der Waals surface area (Å²) in [7, 11) is 1.65. The molecule has 6 heteroatoms. The van der Waals surface area contributed by atoms with E-state index in [-0.39, 0.29) is 0 Å². The van der Waals surface area contributed by atoms with E-state index in [1.54, 1.807) is 7.11 Å². The Labute approximate surface area is 142 Å². The quantitative estimate of drug-likeness (QED) is 0.679. The smallest absolute Gasteiger partial charge is 0.135 e. The fourth-order valence-electron chi connectivity index (χ4n) is 2.03. The average molecular weight is 371 g/mol. The van der Waals surface area contributed by atoms with Crippen LogP contribution in [0.5, 0.6) is 5.75 Å². The highest BCUT2D eigenvalue weighted by Crippen LogP contribution is 2.22. The standard InChI is InChI=1S/C17H15BrN4O/c1-23-15-7-5-13(6-8-15)21-16-10-17(20-11-19-16)22-14-4-2-3-12(18)9-14/h2-11H,1H3,(H2,19,20,21,22). The van der Waals surface area contributed by atoms with Gasteiger partial charge in [-0.15, -0.1) is 0 Å². The average Bonchev–Trinajstić information content (AvgIpc) is 2.56. The van der Waals surface area contributed by atoms with Gasteiger partial charge in [0.25, 0.3) is 0 Å². The van der Waals surface area contributed by atoms with Crippen molar-refractivity contribution in [2.45, 2.75) is 0 Å². The second kappa shape index (κ2) is 7.11. The summed E-state index contributed by atoms with van der Waals surface area (Å²) < 4.78 is 6.15. The molecule has 23 heavy (non-hydrogen) atoms. The van der Waals surface area contributed by atoms with Crippen LogP contribution in [0.3, 0.4) is 0 Å². The Morgan fingerprint density at radius 1 is 0.870 bits per heavy atom. The lowest BCUT2D eigenvalue weighted by atomic mass is 10.3. The molecule has 2 N–H and O–H groups in total. The molecule has 0 spiro atoms. The molecular weight excluding hydrogens is 356 g/mol. The first-order valence-electron chi connectivity index (χ1n) is 6.99. The molecule has 0 atom stereocenters. The number of hydrogen-bond donors (Lipinski definition) is 2. The van der Waals surface area contributed by atoms with Crippen LogP contribution in [0, 0.1) is 0 Å². The molecule has 3 aromatic rings. The fourth-order valence-corrected chi connectivity index (χ4v) is 2.43. The van der Waals surface area contributed by atoms with E-state index in [9.17, 15) is 0 Å². The molecule has 2 aromatic carbocycles. The highest BCUT2D eigenvalue weighted by molar-refractivity contribution is 9.10. The van der Waals surface area contributed by atoms with Crippen LogP contribution < -0.4 is 15.4 Å². The first-order chi connectivity index (χ1) is 11.2. The van der Waals surface area contributed by atoms with Crippen LogP contribution in [0.2, 0.25) is 0 Å². The highest BCUT2D eigenvalue weighted by atomic mass is 79.9. The van der Waals surface area contributed by atoms with Gasteiger partial charge < -0.3 is 15.4 Å². The van der Waals surface area contributed by atoms with Crippen LogP contribution in [0.4, 0.5) is 23.0 Å². The Morgan fingerprint density at radius 3 is 2.22 bits per heavy atom. The molecule has 116 valence electrons. The summed E-state index contributed by atoms with van der Waals surface area (Å²) in [4.78, 5) is 8.47. The zero-order valence-corrected chi connectivity index (χ0v) is 14.0. The third kappa shape index (κ3) is 4.20. The van der Waals surface area contributed by atoms with Crippen LogP contribution in [0.1, 0.15) is 0 Å². The van der Waals surface area contributed by atoms with Crippen molar-refractivity contribution in [3.8, 4) is 5.75 Å². The van der Waals surface area contributed by atoms with Crippen molar-refractivity contribution in [1.82, 2.24) is 9.97 Å². The van der Waals surface area contributed by atoms with E-state index in [2.05, 4.69) is 36.5 Å². The van der Waals surface area contributed by atoms with Gasteiger partial charge in [0.2, 0.25) is 0 Å². The SMILES string of the molecule is COc1ccc(Nc2cc(Nc3cccc(Br)c3)ncn2)cc1. The van der Waals surface area contributed by atoms with Gasteiger partial charge in [0.05, 0.1) is 7.11 Å². The van der Waals surface area contributed by atoms with Gasteiger partial charge in [0.15, 0.2) is 0 Å². The lowest BCUT2D eigenvalue weighted by Gasteiger charge is -2.09. The van der Waals surface area contributed by atoms with Crippen molar-refractivity contribution in [2.24, 2.45) is 0 Å². The Morgan fingerprint density at radius 2 is 1.57 bits per heavy atom. The number of nitrogens with one attached hydrogen (secondary N) is 2. The summed E-state index contributed by atoms with van der Waals surface area (Å²) in [6, 6.07) is 17.4. The minimum Gasteiger partial charge on any atom is -0.497 e. The third-order valence-electron chi connectivity index (χ3n) is 3.13. The topological polar surface area (TPSA) is 59.1 Å². The number of methoxy groups -OCH3 is 1. The summed E-state index contributed by atoms with van der Waals surface area (Å²) in [5, 5.41) is 6.48. The van der Waals surface area contributed by atoms with Crippen molar-refractivity contribution in [1.29, 1.82) is 0 Å². The molecule has 0 saturated heterocycles.